The van der Waals surface area contributed by atoms with Crippen molar-refractivity contribution in [3.8, 4) is 0 Å². The highest BCUT2D eigenvalue weighted by atomic mass is 32.2. The van der Waals surface area contributed by atoms with Crippen LogP contribution in [0.2, 0.25) is 0 Å². The number of amides is 1. The second-order valence-electron chi connectivity index (χ2n) is 6.79. The molecular formula is C20H19F3N4O3S. The van der Waals surface area contributed by atoms with Crippen LogP contribution in [0.4, 0.5) is 24.7 Å². The molecule has 31 heavy (non-hydrogen) atoms. The molecule has 0 saturated heterocycles. The Morgan fingerprint density at radius 3 is 2.32 bits per heavy atom. The van der Waals surface area contributed by atoms with E-state index in [1.807, 2.05) is 6.92 Å². The zero-order chi connectivity index (χ0) is 23.0. The van der Waals surface area contributed by atoms with Gasteiger partial charge in [-0.25, -0.2) is 8.42 Å². The Labute approximate surface area is 177 Å². The van der Waals surface area contributed by atoms with Crippen molar-refractivity contribution in [2.75, 3.05) is 16.7 Å². The van der Waals surface area contributed by atoms with Gasteiger partial charge in [0.2, 0.25) is 0 Å². The topological polar surface area (TPSA) is 84.3 Å². The van der Waals surface area contributed by atoms with Gasteiger partial charge in [-0.3, -0.25) is 13.8 Å². The van der Waals surface area contributed by atoms with Gasteiger partial charge in [-0.05, 0) is 31.2 Å². The molecule has 11 heteroatoms. The molecule has 1 N–H and O–H groups in total. The lowest BCUT2D eigenvalue weighted by Gasteiger charge is -2.21. The van der Waals surface area contributed by atoms with E-state index in [0.29, 0.717) is 0 Å². The number of rotatable bonds is 5. The van der Waals surface area contributed by atoms with Gasteiger partial charge in [0.1, 0.15) is 5.56 Å². The summed E-state index contributed by atoms with van der Waals surface area (Å²) in [7, 11) is -1.38. The Bertz CT molecular complexity index is 1220. The highest BCUT2D eigenvalue weighted by molar-refractivity contribution is 7.92. The first-order valence-electron chi connectivity index (χ1n) is 8.98. The summed E-state index contributed by atoms with van der Waals surface area (Å²) in [5.41, 5.74) is -0.795. The number of benzene rings is 2. The summed E-state index contributed by atoms with van der Waals surface area (Å²) in [5, 5.41) is 6.13. The fraction of sp³-hybridized carbons (Fsp3) is 0.200. The number of sulfonamides is 1. The third-order valence-electron chi connectivity index (χ3n) is 4.61. The Balaban J connectivity index is 1.98. The van der Waals surface area contributed by atoms with Crippen LogP contribution in [0, 0.1) is 6.92 Å². The van der Waals surface area contributed by atoms with Crippen molar-refractivity contribution >= 4 is 27.4 Å². The quantitative estimate of drug-likeness (QED) is 0.638. The summed E-state index contributed by atoms with van der Waals surface area (Å²) in [4.78, 5) is 12.8. The lowest BCUT2D eigenvalue weighted by molar-refractivity contribution is -0.136. The minimum Gasteiger partial charge on any atom is -0.321 e. The Hall–Kier alpha value is -3.34. The predicted molar refractivity (Wildman–Crippen MR) is 109 cm³/mol. The van der Waals surface area contributed by atoms with Crippen LogP contribution in [-0.2, 0) is 23.2 Å². The second-order valence-corrected chi connectivity index (χ2v) is 8.76. The van der Waals surface area contributed by atoms with E-state index in [9.17, 15) is 26.4 Å². The van der Waals surface area contributed by atoms with E-state index in [0.717, 1.165) is 32.9 Å². The van der Waals surface area contributed by atoms with Gasteiger partial charge in [0.25, 0.3) is 15.9 Å². The number of aromatic nitrogens is 2. The fourth-order valence-electron chi connectivity index (χ4n) is 2.98. The van der Waals surface area contributed by atoms with Crippen LogP contribution in [0.1, 0.15) is 21.5 Å². The molecule has 0 aliphatic carbocycles. The lowest BCUT2D eigenvalue weighted by Crippen LogP contribution is -2.30. The van der Waals surface area contributed by atoms with Crippen LogP contribution >= 0.6 is 0 Å². The molecule has 0 atom stereocenters. The van der Waals surface area contributed by atoms with Gasteiger partial charge in [0, 0.05) is 14.1 Å². The number of para-hydroxylation sites is 1. The van der Waals surface area contributed by atoms with Crippen LogP contribution in [0.15, 0.2) is 59.6 Å². The maximum absolute atomic E-state index is 13.2. The molecule has 7 nitrogen and oxygen atoms in total. The van der Waals surface area contributed by atoms with Gasteiger partial charge >= 0.3 is 6.18 Å². The number of nitrogens with one attached hydrogen (secondary N) is 1. The van der Waals surface area contributed by atoms with E-state index < -0.39 is 33.4 Å². The van der Waals surface area contributed by atoms with E-state index >= 15 is 0 Å². The summed E-state index contributed by atoms with van der Waals surface area (Å²) >= 11 is 0. The van der Waals surface area contributed by atoms with E-state index in [1.54, 1.807) is 12.1 Å². The van der Waals surface area contributed by atoms with Crippen molar-refractivity contribution in [2.24, 2.45) is 7.05 Å². The number of hydrogen-bond donors (Lipinski definition) is 1. The maximum atomic E-state index is 13.2. The standard InChI is InChI=1S/C20H19F3N4O3S/c1-13-8-10-14(11-9-13)31(29,30)27(3)19-15(12-24-26(19)2)18(28)25-17-7-5-4-6-16(17)20(21,22)23/h4-12H,1-3H3,(H,25,28). The van der Waals surface area contributed by atoms with Crippen LogP contribution in [0.3, 0.4) is 0 Å². The van der Waals surface area contributed by atoms with Crippen LogP contribution in [-0.4, -0.2) is 31.2 Å². The molecule has 0 unspecified atom stereocenters. The van der Waals surface area contributed by atoms with Gasteiger partial charge in [-0.2, -0.15) is 18.3 Å². The van der Waals surface area contributed by atoms with Gasteiger partial charge in [0.15, 0.2) is 5.82 Å². The number of carbonyl (C=O) groups excluding carboxylic acids is 1. The van der Waals surface area contributed by atoms with Crippen LogP contribution in [0.25, 0.3) is 0 Å². The normalized spacial score (nSPS) is 11.9. The number of nitrogens with zero attached hydrogens (tertiary/aromatic N) is 3. The SMILES string of the molecule is Cc1ccc(S(=O)(=O)N(C)c2c(C(=O)Nc3ccccc3C(F)(F)F)cnn2C)cc1. The first-order chi connectivity index (χ1) is 14.4. The predicted octanol–water partition coefficient (Wildman–Crippen LogP) is 3.82. The maximum Gasteiger partial charge on any atom is 0.418 e. The minimum atomic E-state index is -4.67. The van der Waals surface area contributed by atoms with Crippen molar-refractivity contribution in [1.29, 1.82) is 0 Å². The molecule has 0 spiro atoms. The lowest BCUT2D eigenvalue weighted by atomic mass is 10.1. The monoisotopic (exact) mass is 452 g/mol. The van der Waals surface area contributed by atoms with E-state index in [4.69, 9.17) is 0 Å². The number of aryl methyl sites for hydroxylation is 2. The van der Waals surface area contributed by atoms with Gasteiger partial charge in [-0.1, -0.05) is 29.8 Å². The Morgan fingerprint density at radius 1 is 1.10 bits per heavy atom. The smallest absolute Gasteiger partial charge is 0.321 e. The number of halogens is 3. The third-order valence-corrected chi connectivity index (χ3v) is 6.37. The number of anilines is 2. The van der Waals surface area contributed by atoms with Crippen molar-refractivity contribution in [1.82, 2.24) is 9.78 Å². The summed E-state index contributed by atoms with van der Waals surface area (Å²) < 4.78 is 67.8. The zero-order valence-corrected chi connectivity index (χ0v) is 17.6. The van der Waals surface area contributed by atoms with Gasteiger partial charge in [-0.15, -0.1) is 0 Å². The van der Waals surface area contributed by atoms with Gasteiger partial charge < -0.3 is 5.32 Å². The molecule has 0 saturated carbocycles. The zero-order valence-electron chi connectivity index (χ0n) is 16.8. The fourth-order valence-corrected chi connectivity index (χ4v) is 4.22. The van der Waals surface area contributed by atoms with Crippen molar-refractivity contribution in [3.05, 3.63) is 71.4 Å². The molecule has 1 amide bonds. The first-order valence-corrected chi connectivity index (χ1v) is 10.4. The molecule has 1 aromatic heterocycles. The average molecular weight is 452 g/mol. The van der Waals surface area contributed by atoms with Crippen molar-refractivity contribution < 1.29 is 26.4 Å². The van der Waals surface area contributed by atoms with E-state index in [1.165, 1.54) is 38.4 Å². The Kier molecular flexibility index (Phi) is 5.81. The number of hydrogen-bond acceptors (Lipinski definition) is 4. The Morgan fingerprint density at radius 2 is 1.71 bits per heavy atom. The molecule has 0 bridgehead atoms. The van der Waals surface area contributed by atoms with Gasteiger partial charge in [0.05, 0.1) is 22.3 Å². The summed E-state index contributed by atoms with van der Waals surface area (Å²) in [6.45, 7) is 1.81. The third kappa shape index (κ3) is 4.41. The number of alkyl halides is 3. The average Bonchev–Trinajstić information content (AvgIpc) is 3.08. The number of carbonyl (C=O) groups is 1. The highest BCUT2D eigenvalue weighted by Gasteiger charge is 2.34. The largest absolute Gasteiger partial charge is 0.418 e. The molecule has 0 aliphatic heterocycles. The summed E-state index contributed by atoms with van der Waals surface area (Å²) in [5.74, 6) is -1.02. The molecule has 0 aliphatic rings. The first kappa shape index (κ1) is 22.3. The summed E-state index contributed by atoms with van der Waals surface area (Å²) in [6, 6.07) is 10.6. The second kappa shape index (κ2) is 8.06. The summed E-state index contributed by atoms with van der Waals surface area (Å²) in [6.07, 6.45) is -3.57. The van der Waals surface area contributed by atoms with E-state index in [2.05, 4.69) is 10.4 Å². The molecule has 2 aromatic carbocycles. The van der Waals surface area contributed by atoms with E-state index in [-0.39, 0.29) is 16.3 Å². The molecule has 3 rings (SSSR count). The minimum absolute atomic E-state index is 0.00410. The highest BCUT2D eigenvalue weighted by Crippen LogP contribution is 2.35. The van der Waals surface area contributed by atoms with Crippen LogP contribution in [0.5, 0.6) is 0 Å². The molecule has 3 aromatic rings. The van der Waals surface area contributed by atoms with Crippen molar-refractivity contribution in [3.63, 3.8) is 0 Å². The molecule has 0 radical (unpaired) electrons. The van der Waals surface area contributed by atoms with Crippen molar-refractivity contribution in [2.45, 2.75) is 18.0 Å². The molecule has 1 heterocycles. The molecular weight excluding hydrogens is 433 g/mol. The molecule has 0 fully saturated rings. The van der Waals surface area contributed by atoms with Crippen LogP contribution < -0.4 is 9.62 Å². The molecule has 164 valence electrons.